The van der Waals surface area contributed by atoms with Crippen molar-refractivity contribution in [2.45, 2.75) is 27.2 Å². The molecule has 0 saturated carbocycles. The summed E-state index contributed by atoms with van der Waals surface area (Å²) >= 11 is 0. The molecule has 0 aliphatic rings. The number of hydrogen-bond acceptors (Lipinski definition) is 3. The molecular formula is C20H24N2O3. The van der Waals surface area contributed by atoms with E-state index in [4.69, 9.17) is 0 Å². The highest BCUT2D eigenvalue weighted by Crippen LogP contribution is 2.22. The molecule has 1 aromatic heterocycles. The molecule has 0 radical (unpaired) electrons. The van der Waals surface area contributed by atoms with Crippen molar-refractivity contribution in [1.29, 1.82) is 0 Å². The summed E-state index contributed by atoms with van der Waals surface area (Å²) in [6.07, 6.45) is 3.44. The normalized spacial score (nSPS) is 10.9. The number of carbonyl (C=O) groups excluding carboxylic acids is 2. The van der Waals surface area contributed by atoms with Gasteiger partial charge in [0.05, 0.1) is 13.5 Å². The fourth-order valence-electron chi connectivity index (χ4n) is 2.66. The number of rotatable bonds is 6. The average Bonchev–Trinajstić information content (AvgIpc) is 2.87. The van der Waals surface area contributed by atoms with Crippen molar-refractivity contribution in [3.63, 3.8) is 0 Å². The summed E-state index contributed by atoms with van der Waals surface area (Å²) in [6.45, 7) is 6.40. The van der Waals surface area contributed by atoms with Crippen molar-refractivity contribution in [2.24, 2.45) is 0 Å². The minimum absolute atomic E-state index is 0.165. The van der Waals surface area contributed by atoms with Crippen molar-refractivity contribution in [1.82, 2.24) is 9.88 Å². The molecule has 5 nitrogen and oxygen atoms in total. The molecule has 0 bridgehead atoms. The molecule has 2 aromatic rings. The molecule has 1 heterocycles. The Balaban J connectivity index is 2.08. The average molecular weight is 340 g/mol. The molecular weight excluding hydrogens is 316 g/mol. The van der Waals surface area contributed by atoms with Crippen molar-refractivity contribution in [2.75, 3.05) is 13.7 Å². The van der Waals surface area contributed by atoms with Crippen LogP contribution in [0.4, 0.5) is 0 Å². The van der Waals surface area contributed by atoms with Crippen LogP contribution in [0, 0.1) is 20.8 Å². The third-order valence-electron chi connectivity index (χ3n) is 4.03. The van der Waals surface area contributed by atoms with E-state index in [2.05, 4.69) is 45.8 Å². The fraction of sp³-hybridized carbons (Fsp3) is 0.300. The molecule has 0 atom stereocenters. The summed E-state index contributed by atoms with van der Waals surface area (Å²) < 4.78 is 6.69. The van der Waals surface area contributed by atoms with E-state index in [1.165, 1.54) is 18.7 Å². The highest BCUT2D eigenvalue weighted by molar-refractivity contribution is 5.92. The van der Waals surface area contributed by atoms with E-state index in [9.17, 15) is 9.59 Å². The maximum absolute atomic E-state index is 11.8. The maximum atomic E-state index is 11.8. The zero-order valence-electron chi connectivity index (χ0n) is 15.1. The number of methoxy groups -OCH3 is 1. The van der Waals surface area contributed by atoms with E-state index < -0.39 is 0 Å². The number of aromatic nitrogens is 1. The van der Waals surface area contributed by atoms with Crippen LogP contribution in [0.5, 0.6) is 0 Å². The maximum Gasteiger partial charge on any atom is 0.307 e. The van der Waals surface area contributed by atoms with Crippen LogP contribution in [0.2, 0.25) is 0 Å². The molecule has 1 N–H and O–H groups in total. The lowest BCUT2D eigenvalue weighted by molar-refractivity contribution is -0.140. The molecule has 0 spiro atoms. The molecule has 1 aromatic carbocycles. The van der Waals surface area contributed by atoms with Crippen LogP contribution in [-0.4, -0.2) is 30.1 Å². The van der Waals surface area contributed by atoms with E-state index in [0.717, 1.165) is 22.6 Å². The van der Waals surface area contributed by atoms with Gasteiger partial charge in [-0.1, -0.05) is 17.7 Å². The monoisotopic (exact) mass is 340 g/mol. The second-order valence-electron chi connectivity index (χ2n) is 5.95. The summed E-state index contributed by atoms with van der Waals surface area (Å²) in [6, 6.07) is 10.4. The van der Waals surface area contributed by atoms with Crippen molar-refractivity contribution in [3.8, 4) is 5.69 Å². The first-order chi connectivity index (χ1) is 11.9. The van der Waals surface area contributed by atoms with Crippen LogP contribution in [0.25, 0.3) is 11.8 Å². The Morgan fingerprint density at radius 2 is 1.84 bits per heavy atom. The number of esters is 1. The lowest BCUT2D eigenvalue weighted by Crippen LogP contribution is -2.24. The summed E-state index contributed by atoms with van der Waals surface area (Å²) in [4.78, 5) is 22.9. The Morgan fingerprint density at radius 3 is 2.48 bits per heavy atom. The van der Waals surface area contributed by atoms with Crippen molar-refractivity contribution in [3.05, 3.63) is 58.9 Å². The van der Waals surface area contributed by atoms with Crippen LogP contribution < -0.4 is 5.32 Å². The second-order valence-corrected chi connectivity index (χ2v) is 5.95. The van der Waals surface area contributed by atoms with Crippen molar-refractivity contribution >= 4 is 18.0 Å². The number of amides is 1. The Hall–Kier alpha value is -2.82. The third-order valence-corrected chi connectivity index (χ3v) is 4.03. The van der Waals surface area contributed by atoms with Gasteiger partial charge in [0.2, 0.25) is 5.91 Å². The minimum Gasteiger partial charge on any atom is -0.469 e. The molecule has 25 heavy (non-hydrogen) atoms. The van der Waals surface area contributed by atoms with Gasteiger partial charge in [0.15, 0.2) is 0 Å². The molecule has 132 valence electrons. The zero-order valence-corrected chi connectivity index (χ0v) is 15.1. The van der Waals surface area contributed by atoms with Gasteiger partial charge in [0.1, 0.15) is 0 Å². The third kappa shape index (κ3) is 4.83. The number of carbonyl (C=O) groups is 2. The quantitative estimate of drug-likeness (QED) is 0.649. The first-order valence-corrected chi connectivity index (χ1v) is 8.21. The lowest BCUT2D eigenvalue weighted by Gasteiger charge is -2.09. The molecule has 0 aliphatic carbocycles. The topological polar surface area (TPSA) is 60.3 Å². The number of nitrogens with one attached hydrogen (secondary N) is 1. The van der Waals surface area contributed by atoms with E-state index in [0.29, 0.717) is 0 Å². The highest BCUT2D eigenvalue weighted by atomic mass is 16.5. The van der Waals surface area contributed by atoms with Crippen LogP contribution in [-0.2, 0) is 14.3 Å². The van der Waals surface area contributed by atoms with Crippen LogP contribution in [0.1, 0.15) is 28.9 Å². The van der Waals surface area contributed by atoms with Gasteiger partial charge in [-0.05, 0) is 50.6 Å². The Kier molecular flexibility index (Phi) is 6.17. The van der Waals surface area contributed by atoms with E-state index >= 15 is 0 Å². The number of hydrogen-bond donors (Lipinski definition) is 1. The standard InChI is InChI=1S/C20H24N2O3/c1-14-5-8-18(9-6-14)22-15(2)13-17(16(22)3)7-10-19(23)21-12-11-20(24)25-4/h5-10,13H,11-12H2,1-4H3,(H,21,23)/b10-7-. The number of aryl methyl sites for hydroxylation is 2. The van der Waals surface area contributed by atoms with E-state index in [-0.39, 0.29) is 24.8 Å². The smallest absolute Gasteiger partial charge is 0.307 e. The van der Waals surface area contributed by atoms with Gasteiger partial charge in [-0.3, -0.25) is 9.59 Å². The van der Waals surface area contributed by atoms with Gasteiger partial charge in [-0.25, -0.2) is 0 Å². The summed E-state index contributed by atoms with van der Waals surface area (Å²) in [7, 11) is 1.33. The fourth-order valence-corrected chi connectivity index (χ4v) is 2.66. The van der Waals surface area contributed by atoms with E-state index in [1.807, 2.05) is 19.9 Å². The van der Waals surface area contributed by atoms with Crippen LogP contribution >= 0.6 is 0 Å². The first kappa shape index (κ1) is 18.5. The predicted molar refractivity (Wildman–Crippen MR) is 98.7 cm³/mol. The molecule has 0 unspecified atom stereocenters. The number of benzene rings is 1. The molecule has 2 rings (SSSR count). The summed E-state index contributed by atoms with van der Waals surface area (Å²) in [5.74, 6) is -0.574. The Morgan fingerprint density at radius 1 is 1.16 bits per heavy atom. The number of nitrogens with zero attached hydrogens (tertiary/aromatic N) is 1. The molecule has 0 fully saturated rings. The Bertz CT molecular complexity index is 786. The van der Waals surface area contributed by atoms with Gasteiger partial charge in [0, 0.05) is 29.7 Å². The minimum atomic E-state index is -0.342. The zero-order chi connectivity index (χ0) is 18.4. The van der Waals surface area contributed by atoms with Gasteiger partial charge >= 0.3 is 5.97 Å². The highest BCUT2D eigenvalue weighted by Gasteiger charge is 2.09. The first-order valence-electron chi connectivity index (χ1n) is 8.21. The van der Waals surface area contributed by atoms with Gasteiger partial charge < -0.3 is 14.6 Å². The second kappa shape index (κ2) is 8.33. The summed E-state index contributed by atoms with van der Waals surface area (Å²) in [5, 5.41) is 2.66. The van der Waals surface area contributed by atoms with E-state index in [1.54, 1.807) is 6.08 Å². The van der Waals surface area contributed by atoms with Crippen molar-refractivity contribution < 1.29 is 14.3 Å². The summed E-state index contributed by atoms with van der Waals surface area (Å²) in [5.41, 5.74) is 5.48. The van der Waals surface area contributed by atoms with Gasteiger partial charge in [0.25, 0.3) is 0 Å². The van der Waals surface area contributed by atoms with Gasteiger partial charge in [-0.15, -0.1) is 0 Å². The van der Waals surface area contributed by atoms with Gasteiger partial charge in [-0.2, -0.15) is 0 Å². The molecule has 5 heteroatoms. The largest absolute Gasteiger partial charge is 0.469 e. The van der Waals surface area contributed by atoms with Crippen LogP contribution in [0.3, 0.4) is 0 Å². The molecule has 0 aliphatic heterocycles. The van der Waals surface area contributed by atoms with Crippen LogP contribution in [0.15, 0.2) is 36.4 Å². The Labute approximate surface area is 148 Å². The number of ether oxygens (including phenoxy) is 1. The SMILES string of the molecule is COC(=O)CCNC(=O)/C=C\c1cc(C)n(-c2ccc(C)cc2)c1C. The molecule has 1 amide bonds. The molecule has 0 saturated heterocycles. The predicted octanol–water partition coefficient (Wildman–Crippen LogP) is 3.10. The lowest BCUT2D eigenvalue weighted by atomic mass is 10.2.